The smallest absolute Gasteiger partial charge is 0.254 e. The zero-order valence-electron chi connectivity index (χ0n) is 21.1. The van der Waals surface area contributed by atoms with Crippen LogP contribution in [0, 0.1) is 0 Å². The topological polar surface area (TPSA) is 48.0 Å². The van der Waals surface area contributed by atoms with E-state index >= 15 is 0 Å². The van der Waals surface area contributed by atoms with Crippen LogP contribution in [0.5, 0.6) is 0 Å². The number of carbonyl (C=O) groups is 1. The summed E-state index contributed by atoms with van der Waals surface area (Å²) in [6.07, 6.45) is 7.20. The van der Waals surface area contributed by atoms with E-state index < -0.39 is 6.29 Å². The third kappa shape index (κ3) is 11.8. The van der Waals surface area contributed by atoms with Gasteiger partial charge in [0.1, 0.15) is 0 Å². The van der Waals surface area contributed by atoms with Crippen LogP contribution in [0.2, 0.25) is 0 Å². The largest absolute Gasteiger partial charge is 0.381 e. The molecule has 1 amide bonds. The number of rotatable bonds is 19. The minimum Gasteiger partial charge on any atom is -0.381 e. The molecule has 0 aliphatic heterocycles. The van der Waals surface area contributed by atoms with Crippen LogP contribution in [0.1, 0.15) is 68.3 Å². The summed E-state index contributed by atoms with van der Waals surface area (Å²) in [5.74, 6) is 0.0313. The van der Waals surface area contributed by atoms with Crippen molar-refractivity contribution in [2.75, 3.05) is 39.5 Å². The Morgan fingerprint density at radius 2 is 1.35 bits per heavy atom. The van der Waals surface area contributed by atoms with Gasteiger partial charge in [-0.1, -0.05) is 61.4 Å². The lowest BCUT2D eigenvalue weighted by Gasteiger charge is -2.27. The zero-order valence-corrected chi connectivity index (χ0v) is 21.1. The maximum Gasteiger partial charge on any atom is 0.254 e. The normalized spacial score (nSPS) is 11.1. The number of unbranched alkanes of at least 4 members (excludes halogenated alkanes) is 4. The second-order valence-corrected chi connectivity index (χ2v) is 8.43. The number of nitrogens with zero attached hydrogens (tertiary/aromatic N) is 1. The highest BCUT2D eigenvalue weighted by atomic mass is 16.7. The summed E-state index contributed by atoms with van der Waals surface area (Å²) in [6.45, 7) is 7.81. The number of hydrogen-bond acceptors (Lipinski definition) is 4. The summed E-state index contributed by atoms with van der Waals surface area (Å²) in [5.41, 5.74) is 2.10. The summed E-state index contributed by atoms with van der Waals surface area (Å²) in [6, 6.07) is 20.1. The lowest BCUT2D eigenvalue weighted by atomic mass is 10.1. The van der Waals surface area contributed by atoms with Crippen LogP contribution in [0.4, 0.5) is 0 Å². The fraction of sp³-hybridized carbons (Fsp3) is 0.552. The van der Waals surface area contributed by atoms with Gasteiger partial charge in [0.15, 0.2) is 6.29 Å². The van der Waals surface area contributed by atoms with Gasteiger partial charge in [-0.3, -0.25) is 4.79 Å². The molecule has 188 valence electrons. The van der Waals surface area contributed by atoms with Gasteiger partial charge in [-0.05, 0) is 63.6 Å². The first-order chi connectivity index (χ1) is 16.7. The fourth-order valence-corrected chi connectivity index (χ4v) is 3.88. The van der Waals surface area contributed by atoms with E-state index in [0.717, 1.165) is 51.7 Å². The van der Waals surface area contributed by atoms with Crippen LogP contribution in [0.25, 0.3) is 0 Å². The van der Waals surface area contributed by atoms with Crippen molar-refractivity contribution in [2.24, 2.45) is 0 Å². The highest BCUT2D eigenvalue weighted by Crippen LogP contribution is 2.11. The van der Waals surface area contributed by atoms with E-state index in [1.54, 1.807) is 0 Å². The number of ether oxygens (including phenoxy) is 3. The van der Waals surface area contributed by atoms with Crippen molar-refractivity contribution >= 4 is 5.91 Å². The van der Waals surface area contributed by atoms with Crippen molar-refractivity contribution in [3.8, 4) is 0 Å². The molecule has 2 aromatic carbocycles. The van der Waals surface area contributed by atoms with Crippen LogP contribution in [0.15, 0.2) is 60.7 Å². The Balaban J connectivity index is 1.62. The van der Waals surface area contributed by atoms with E-state index in [9.17, 15) is 4.79 Å². The predicted octanol–water partition coefficient (Wildman–Crippen LogP) is 6.13. The number of aryl methyl sites for hydroxylation is 1. The van der Waals surface area contributed by atoms with Crippen LogP contribution in [-0.4, -0.2) is 56.6 Å². The van der Waals surface area contributed by atoms with Gasteiger partial charge in [0.25, 0.3) is 5.91 Å². The molecule has 34 heavy (non-hydrogen) atoms. The minimum atomic E-state index is -0.391. The third-order valence-corrected chi connectivity index (χ3v) is 5.70. The number of amides is 1. The molecule has 0 bridgehead atoms. The van der Waals surface area contributed by atoms with E-state index in [-0.39, 0.29) is 5.91 Å². The average molecular weight is 470 g/mol. The molecule has 2 aromatic rings. The SMILES string of the molecule is CCOC(CN(CCCCCCOCCCCc1ccccc1)C(=O)c1ccccc1)OCC. The molecule has 5 nitrogen and oxygen atoms in total. The molecule has 0 saturated heterocycles. The highest BCUT2D eigenvalue weighted by Gasteiger charge is 2.20. The van der Waals surface area contributed by atoms with Gasteiger partial charge in [-0.2, -0.15) is 0 Å². The van der Waals surface area contributed by atoms with E-state index in [2.05, 4.69) is 30.3 Å². The van der Waals surface area contributed by atoms with Crippen molar-refractivity contribution in [1.82, 2.24) is 4.90 Å². The molecule has 5 heteroatoms. The molecule has 0 aromatic heterocycles. The number of carbonyl (C=O) groups excluding carboxylic acids is 1. The zero-order chi connectivity index (χ0) is 24.3. The Bertz CT molecular complexity index is 747. The van der Waals surface area contributed by atoms with Gasteiger partial charge in [0.2, 0.25) is 0 Å². The molecule has 0 aliphatic carbocycles. The maximum absolute atomic E-state index is 13.1. The molecule has 0 radical (unpaired) electrons. The molecule has 0 unspecified atom stereocenters. The molecule has 0 aliphatic rings. The Kier molecular flexibility index (Phi) is 15.0. The monoisotopic (exact) mass is 469 g/mol. The molecule has 2 rings (SSSR count). The van der Waals surface area contributed by atoms with Gasteiger partial charge in [-0.15, -0.1) is 0 Å². The van der Waals surface area contributed by atoms with Crippen LogP contribution < -0.4 is 0 Å². The molecule has 0 saturated carbocycles. The highest BCUT2D eigenvalue weighted by molar-refractivity contribution is 5.94. The second-order valence-electron chi connectivity index (χ2n) is 8.43. The van der Waals surface area contributed by atoms with Gasteiger partial charge in [0.05, 0.1) is 6.54 Å². The number of benzene rings is 2. The molecule has 0 N–H and O–H groups in total. The van der Waals surface area contributed by atoms with Gasteiger partial charge >= 0.3 is 0 Å². The van der Waals surface area contributed by atoms with E-state index in [1.165, 1.54) is 12.0 Å². The van der Waals surface area contributed by atoms with Gasteiger partial charge in [-0.25, -0.2) is 0 Å². The molecule has 0 atom stereocenters. The van der Waals surface area contributed by atoms with E-state index in [1.807, 2.05) is 49.1 Å². The van der Waals surface area contributed by atoms with E-state index in [4.69, 9.17) is 14.2 Å². The minimum absolute atomic E-state index is 0.0313. The molecular formula is C29H43NO4. The van der Waals surface area contributed by atoms with Crippen LogP contribution >= 0.6 is 0 Å². The van der Waals surface area contributed by atoms with Crippen molar-refractivity contribution in [1.29, 1.82) is 0 Å². The summed E-state index contributed by atoms with van der Waals surface area (Å²) in [7, 11) is 0. The third-order valence-electron chi connectivity index (χ3n) is 5.70. The molecular weight excluding hydrogens is 426 g/mol. The summed E-state index contributed by atoms with van der Waals surface area (Å²) in [4.78, 5) is 14.9. The Morgan fingerprint density at radius 3 is 2.00 bits per heavy atom. The lowest BCUT2D eigenvalue weighted by molar-refractivity contribution is -0.143. The molecule has 0 spiro atoms. The second kappa shape index (κ2) is 18.2. The van der Waals surface area contributed by atoms with Gasteiger partial charge < -0.3 is 19.1 Å². The fourth-order valence-electron chi connectivity index (χ4n) is 3.88. The van der Waals surface area contributed by atoms with E-state index in [0.29, 0.717) is 31.9 Å². The molecule has 0 fully saturated rings. The first-order valence-corrected chi connectivity index (χ1v) is 12.9. The summed E-state index contributed by atoms with van der Waals surface area (Å²) >= 11 is 0. The average Bonchev–Trinajstić information content (AvgIpc) is 2.87. The Labute approximate surface area is 206 Å². The summed E-state index contributed by atoms with van der Waals surface area (Å²) < 4.78 is 17.2. The lowest BCUT2D eigenvalue weighted by Crippen LogP contribution is -2.40. The number of hydrogen-bond donors (Lipinski definition) is 0. The maximum atomic E-state index is 13.1. The van der Waals surface area contributed by atoms with Crippen LogP contribution in [-0.2, 0) is 20.6 Å². The first kappa shape index (κ1) is 28.0. The van der Waals surface area contributed by atoms with Crippen molar-refractivity contribution in [3.63, 3.8) is 0 Å². The standard InChI is InChI=1S/C29H43NO4/c1-3-33-28(34-4-2)25-30(29(31)27-20-11-8-12-21-27)22-14-5-6-15-23-32-24-16-13-19-26-17-9-7-10-18-26/h7-12,17-18,20-21,28H,3-6,13-16,19,22-25H2,1-2H3. The van der Waals surface area contributed by atoms with Crippen LogP contribution in [0.3, 0.4) is 0 Å². The van der Waals surface area contributed by atoms with Crippen molar-refractivity contribution < 1.29 is 19.0 Å². The predicted molar refractivity (Wildman–Crippen MR) is 138 cm³/mol. The Morgan fingerprint density at radius 1 is 0.765 bits per heavy atom. The quantitative estimate of drug-likeness (QED) is 0.183. The van der Waals surface area contributed by atoms with Crippen molar-refractivity contribution in [3.05, 3.63) is 71.8 Å². The summed E-state index contributed by atoms with van der Waals surface area (Å²) in [5, 5.41) is 0. The van der Waals surface area contributed by atoms with Gasteiger partial charge in [0, 0.05) is 38.5 Å². The Hall–Kier alpha value is -2.21. The molecule has 0 heterocycles. The van der Waals surface area contributed by atoms with Crippen molar-refractivity contribution in [2.45, 2.75) is 65.1 Å². The first-order valence-electron chi connectivity index (χ1n) is 12.9.